The van der Waals surface area contributed by atoms with Crippen LogP contribution in [0.15, 0.2) is 0 Å². The molecule has 34 heavy (non-hydrogen) atoms. The van der Waals surface area contributed by atoms with Gasteiger partial charge in [-0.15, -0.1) is 0 Å². The zero-order chi connectivity index (χ0) is 25.3. The zero-order valence-corrected chi connectivity index (χ0v) is 17.7. The number of ether oxygens (including phenoxy) is 5. The van der Waals surface area contributed by atoms with Gasteiger partial charge >= 0.3 is 0 Å². The SMILES string of the molecule is OC[C@H]1O[C@@H](O[C@@H]2[C@H](O)[C@@H](O)[C@H](OC[C@H]3OC(O)[C@H](O)[C@@H](O)[C@@H]3O)O[C@@H]2CO)[C@H](O)[C@@H](O)[C@H]1O. The highest BCUT2D eigenvalue weighted by Crippen LogP contribution is 2.30. The first-order chi connectivity index (χ1) is 16.0. The lowest BCUT2D eigenvalue weighted by Gasteiger charge is -2.46. The minimum absolute atomic E-state index is 0.577. The Labute approximate surface area is 192 Å². The molecule has 200 valence electrons. The summed E-state index contributed by atoms with van der Waals surface area (Å²) in [5, 5.41) is 109. The van der Waals surface area contributed by atoms with Crippen LogP contribution in [0.4, 0.5) is 0 Å². The maximum Gasteiger partial charge on any atom is 0.187 e. The Kier molecular flexibility index (Phi) is 9.54. The second-order valence-corrected chi connectivity index (χ2v) is 8.37. The molecule has 3 saturated heterocycles. The predicted molar refractivity (Wildman–Crippen MR) is 101 cm³/mol. The molecule has 15 atom stereocenters. The summed E-state index contributed by atoms with van der Waals surface area (Å²) in [6, 6.07) is 0. The summed E-state index contributed by atoms with van der Waals surface area (Å²) in [7, 11) is 0. The topological polar surface area (TPSA) is 269 Å². The van der Waals surface area contributed by atoms with Gasteiger partial charge in [0.1, 0.15) is 73.2 Å². The van der Waals surface area contributed by atoms with Gasteiger partial charge in [0.15, 0.2) is 18.9 Å². The molecule has 0 aliphatic carbocycles. The van der Waals surface area contributed by atoms with Crippen molar-refractivity contribution in [2.75, 3.05) is 19.8 Å². The van der Waals surface area contributed by atoms with Crippen molar-refractivity contribution in [1.82, 2.24) is 0 Å². The molecule has 0 aromatic carbocycles. The molecule has 1 unspecified atom stereocenters. The lowest BCUT2D eigenvalue weighted by atomic mass is 9.97. The maximum atomic E-state index is 10.5. The fourth-order valence-corrected chi connectivity index (χ4v) is 3.95. The molecular weight excluding hydrogens is 472 g/mol. The summed E-state index contributed by atoms with van der Waals surface area (Å²) < 4.78 is 26.2. The normalized spacial score (nSPS) is 52.5. The number of rotatable bonds is 7. The molecule has 0 radical (unpaired) electrons. The van der Waals surface area contributed by atoms with Gasteiger partial charge in [0, 0.05) is 0 Å². The van der Waals surface area contributed by atoms with Gasteiger partial charge < -0.3 is 79.9 Å². The van der Waals surface area contributed by atoms with Crippen molar-refractivity contribution in [2.45, 2.75) is 92.1 Å². The number of hydrogen-bond acceptors (Lipinski definition) is 16. The fourth-order valence-electron chi connectivity index (χ4n) is 3.95. The Morgan fingerprint density at radius 2 is 1.03 bits per heavy atom. The van der Waals surface area contributed by atoms with E-state index in [1.54, 1.807) is 0 Å². The van der Waals surface area contributed by atoms with Crippen LogP contribution in [0.2, 0.25) is 0 Å². The smallest absolute Gasteiger partial charge is 0.187 e. The molecule has 16 nitrogen and oxygen atoms in total. The average molecular weight is 504 g/mol. The highest BCUT2D eigenvalue weighted by Gasteiger charge is 2.51. The van der Waals surface area contributed by atoms with E-state index in [2.05, 4.69) is 0 Å². The first-order valence-electron chi connectivity index (χ1n) is 10.6. The van der Waals surface area contributed by atoms with Gasteiger partial charge in [0.05, 0.1) is 19.8 Å². The largest absolute Gasteiger partial charge is 0.394 e. The standard InChI is InChI=1S/C18H32O16/c19-1-4-7(21)10(24)13(27)18(32-4)34-15-5(2-20)33-17(14(28)11(15)25)30-3-6-8(22)9(23)12(26)16(29)31-6/h4-29H,1-3H2/t4-,5-,6-,7+,8-,9+,10+,11-,12-,13-,14-,15+,16?,17-,18+/m1/s1. The Balaban J connectivity index is 1.63. The van der Waals surface area contributed by atoms with E-state index in [0.717, 1.165) is 0 Å². The van der Waals surface area contributed by atoms with E-state index in [0.29, 0.717) is 0 Å². The van der Waals surface area contributed by atoms with Crippen molar-refractivity contribution in [3.63, 3.8) is 0 Å². The quantitative estimate of drug-likeness (QED) is 0.154. The van der Waals surface area contributed by atoms with E-state index in [-0.39, 0.29) is 0 Å². The molecule has 0 saturated carbocycles. The molecule has 0 aromatic rings. The molecule has 3 rings (SSSR count). The van der Waals surface area contributed by atoms with Crippen LogP contribution in [0.1, 0.15) is 0 Å². The summed E-state index contributed by atoms with van der Waals surface area (Å²) >= 11 is 0. The third kappa shape index (κ3) is 5.52. The maximum absolute atomic E-state index is 10.5. The molecule has 11 N–H and O–H groups in total. The van der Waals surface area contributed by atoms with Gasteiger partial charge in [-0.1, -0.05) is 0 Å². The minimum Gasteiger partial charge on any atom is -0.394 e. The number of hydrogen-bond donors (Lipinski definition) is 11. The molecule has 3 aliphatic heterocycles. The van der Waals surface area contributed by atoms with Crippen LogP contribution in [0, 0.1) is 0 Å². The Bertz CT molecular complexity index is 637. The third-order valence-corrected chi connectivity index (χ3v) is 6.07. The molecule has 0 aromatic heterocycles. The zero-order valence-electron chi connectivity index (χ0n) is 17.7. The van der Waals surface area contributed by atoms with Crippen molar-refractivity contribution in [1.29, 1.82) is 0 Å². The molecule has 3 heterocycles. The van der Waals surface area contributed by atoms with Crippen LogP contribution in [0.3, 0.4) is 0 Å². The Morgan fingerprint density at radius 3 is 1.65 bits per heavy atom. The molecular formula is C18H32O16. The highest BCUT2D eigenvalue weighted by atomic mass is 16.7. The molecule has 0 bridgehead atoms. The van der Waals surface area contributed by atoms with Gasteiger partial charge in [-0.05, 0) is 0 Å². The van der Waals surface area contributed by atoms with Crippen molar-refractivity contribution in [2.24, 2.45) is 0 Å². The predicted octanol–water partition coefficient (Wildman–Crippen LogP) is -7.57. The van der Waals surface area contributed by atoms with Crippen molar-refractivity contribution >= 4 is 0 Å². The monoisotopic (exact) mass is 504 g/mol. The van der Waals surface area contributed by atoms with Crippen LogP contribution in [-0.2, 0) is 23.7 Å². The van der Waals surface area contributed by atoms with Crippen LogP contribution < -0.4 is 0 Å². The second kappa shape index (κ2) is 11.6. The van der Waals surface area contributed by atoms with Crippen molar-refractivity contribution in [3.8, 4) is 0 Å². The lowest BCUT2D eigenvalue weighted by Crippen LogP contribution is -2.65. The highest BCUT2D eigenvalue weighted by molar-refractivity contribution is 4.94. The molecule has 0 amide bonds. The Morgan fingerprint density at radius 1 is 0.500 bits per heavy atom. The molecule has 3 aliphatic rings. The first-order valence-corrected chi connectivity index (χ1v) is 10.6. The summed E-state index contributed by atoms with van der Waals surface area (Å²) in [4.78, 5) is 0. The van der Waals surface area contributed by atoms with Gasteiger partial charge in [-0.25, -0.2) is 0 Å². The van der Waals surface area contributed by atoms with Gasteiger partial charge in [-0.2, -0.15) is 0 Å². The van der Waals surface area contributed by atoms with Crippen molar-refractivity contribution < 1.29 is 79.9 Å². The van der Waals surface area contributed by atoms with E-state index < -0.39 is 112 Å². The number of aliphatic hydroxyl groups is 11. The van der Waals surface area contributed by atoms with Crippen LogP contribution in [0.25, 0.3) is 0 Å². The second-order valence-electron chi connectivity index (χ2n) is 8.37. The minimum atomic E-state index is -1.82. The van der Waals surface area contributed by atoms with Crippen molar-refractivity contribution in [3.05, 3.63) is 0 Å². The van der Waals surface area contributed by atoms with Gasteiger partial charge in [0.25, 0.3) is 0 Å². The average Bonchev–Trinajstić information content (AvgIpc) is 2.83. The van der Waals surface area contributed by atoms with Gasteiger partial charge in [0.2, 0.25) is 0 Å². The van der Waals surface area contributed by atoms with Crippen LogP contribution in [0.5, 0.6) is 0 Å². The van der Waals surface area contributed by atoms with Gasteiger partial charge in [-0.3, -0.25) is 0 Å². The van der Waals surface area contributed by atoms with E-state index in [9.17, 15) is 56.2 Å². The summed E-state index contributed by atoms with van der Waals surface area (Å²) in [5.74, 6) is 0. The van der Waals surface area contributed by atoms with E-state index >= 15 is 0 Å². The molecule has 3 fully saturated rings. The Hall–Kier alpha value is -0.640. The lowest BCUT2D eigenvalue weighted by molar-refractivity contribution is -0.363. The molecule has 0 spiro atoms. The third-order valence-electron chi connectivity index (χ3n) is 6.07. The van der Waals surface area contributed by atoms with E-state index in [1.807, 2.05) is 0 Å². The van der Waals surface area contributed by atoms with E-state index in [1.165, 1.54) is 0 Å². The van der Waals surface area contributed by atoms with Crippen LogP contribution in [-0.4, -0.2) is 168 Å². The van der Waals surface area contributed by atoms with E-state index in [4.69, 9.17) is 23.7 Å². The summed E-state index contributed by atoms with van der Waals surface area (Å²) in [5.41, 5.74) is 0. The first kappa shape index (κ1) is 27.9. The summed E-state index contributed by atoms with van der Waals surface area (Å²) in [6.45, 7) is -2.09. The summed E-state index contributed by atoms with van der Waals surface area (Å²) in [6.07, 6.45) is -24.7. The molecule has 16 heteroatoms. The number of aliphatic hydroxyl groups excluding tert-OH is 11. The fraction of sp³-hybridized carbons (Fsp3) is 1.00. The van der Waals surface area contributed by atoms with Crippen LogP contribution >= 0.6 is 0 Å².